The van der Waals surface area contributed by atoms with Gasteiger partial charge in [-0.25, -0.2) is 4.98 Å². The SMILES string of the molecule is Cc1cccc2c1nc(N)n2CCOC1CCCC1. The minimum absolute atomic E-state index is 0.456. The molecule has 4 nitrogen and oxygen atoms in total. The van der Waals surface area contributed by atoms with Gasteiger partial charge in [0.15, 0.2) is 0 Å². The standard InChI is InChI=1S/C15H21N3O/c1-11-5-4-8-13-14(11)17-15(16)18(13)9-10-19-12-6-2-3-7-12/h4-5,8,12H,2-3,6-7,9-10H2,1H3,(H2,16,17). The second kappa shape index (κ2) is 5.21. The Bertz CT molecular complexity index is 570. The zero-order chi connectivity index (χ0) is 13.2. The van der Waals surface area contributed by atoms with Gasteiger partial charge in [0.1, 0.15) is 0 Å². The van der Waals surface area contributed by atoms with Crippen molar-refractivity contribution in [1.29, 1.82) is 0 Å². The molecule has 2 aromatic rings. The Hall–Kier alpha value is -1.55. The second-order valence-corrected chi connectivity index (χ2v) is 5.34. The molecule has 0 unspecified atom stereocenters. The largest absolute Gasteiger partial charge is 0.376 e. The van der Waals surface area contributed by atoms with Crippen LogP contribution in [0, 0.1) is 6.92 Å². The number of nitrogens with two attached hydrogens (primary N) is 1. The van der Waals surface area contributed by atoms with Crippen LogP contribution in [0.2, 0.25) is 0 Å². The molecule has 0 aliphatic heterocycles. The summed E-state index contributed by atoms with van der Waals surface area (Å²) in [4.78, 5) is 4.45. The minimum Gasteiger partial charge on any atom is -0.376 e. The van der Waals surface area contributed by atoms with E-state index in [0.29, 0.717) is 18.7 Å². The van der Waals surface area contributed by atoms with Crippen molar-refractivity contribution in [3.63, 3.8) is 0 Å². The summed E-state index contributed by atoms with van der Waals surface area (Å²) in [5.41, 5.74) is 9.28. The van der Waals surface area contributed by atoms with Gasteiger partial charge in [0.05, 0.1) is 23.7 Å². The number of benzene rings is 1. The Morgan fingerprint density at radius 1 is 1.37 bits per heavy atom. The monoisotopic (exact) mass is 259 g/mol. The molecule has 0 saturated heterocycles. The fraction of sp³-hybridized carbons (Fsp3) is 0.533. The summed E-state index contributed by atoms with van der Waals surface area (Å²) in [7, 11) is 0. The fourth-order valence-corrected chi connectivity index (χ4v) is 2.91. The van der Waals surface area contributed by atoms with Gasteiger partial charge < -0.3 is 15.0 Å². The van der Waals surface area contributed by atoms with E-state index in [1.54, 1.807) is 0 Å². The van der Waals surface area contributed by atoms with Crippen LogP contribution in [-0.2, 0) is 11.3 Å². The van der Waals surface area contributed by atoms with Crippen molar-refractivity contribution in [3.8, 4) is 0 Å². The molecular weight excluding hydrogens is 238 g/mol. The van der Waals surface area contributed by atoms with Gasteiger partial charge >= 0.3 is 0 Å². The number of rotatable bonds is 4. The summed E-state index contributed by atoms with van der Waals surface area (Å²) in [6.45, 7) is 3.56. The first-order valence-corrected chi connectivity index (χ1v) is 7.08. The molecule has 1 aromatic heterocycles. The van der Waals surface area contributed by atoms with Crippen LogP contribution in [0.1, 0.15) is 31.2 Å². The normalized spacial score (nSPS) is 16.5. The highest BCUT2D eigenvalue weighted by Gasteiger charge is 2.15. The molecule has 1 aliphatic carbocycles. The number of aryl methyl sites for hydroxylation is 1. The zero-order valence-corrected chi connectivity index (χ0v) is 11.4. The zero-order valence-electron chi connectivity index (χ0n) is 11.4. The van der Waals surface area contributed by atoms with E-state index in [1.807, 2.05) is 6.07 Å². The molecule has 102 valence electrons. The number of fused-ring (bicyclic) bond motifs is 1. The predicted molar refractivity (Wildman–Crippen MR) is 77.1 cm³/mol. The Morgan fingerprint density at radius 3 is 2.95 bits per heavy atom. The van der Waals surface area contributed by atoms with Crippen molar-refractivity contribution in [3.05, 3.63) is 23.8 Å². The molecule has 3 rings (SSSR count). The van der Waals surface area contributed by atoms with E-state index >= 15 is 0 Å². The first kappa shape index (κ1) is 12.5. The van der Waals surface area contributed by atoms with E-state index in [4.69, 9.17) is 10.5 Å². The summed E-state index contributed by atoms with van der Waals surface area (Å²) in [5.74, 6) is 0.583. The molecule has 0 spiro atoms. The van der Waals surface area contributed by atoms with E-state index in [2.05, 4.69) is 28.6 Å². The number of para-hydroxylation sites is 1. The van der Waals surface area contributed by atoms with Crippen LogP contribution in [0.4, 0.5) is 5.95 Å². The molecule has 19 heavy (non-hydrogen) atoms. The molecule has 1 aromatic carbocycles. The lowest BCUT2D eigenvalue weighted by atomic mass is 10.2. The number of ether oxygens (including phenoxy) is 1. The van der Waals surface area contributed by atoms with Gasteiger partial charge in [-0.05, 0) is 31.4 Å². The maximum atomic E-state index is 6.01. The van der Waals surface area contributed by atoms with Gasteiger partial charge in [0.25, 0.3) is 0 Å². The van der Waals surface area contributed by atoms with E-state index in [9.17, 15) is 0 Å². The maximum absolute atomic E-state index is 6.01. The third-order valence-corrected chi connectivity index (χ3v) is 3.98. The van der Waals surface area contributed by atoms with Gasteiger partial charge in [-0.15, -0.1) is 0 Å². The van der Waals surface area contributed by atoms with Crippen LogP contribution in [0.3, 0.4) is 0 Å². The molecule has 0 radical (unpaired) electrons. The van der Waals surface area contributed by atoms with Gasteiger partial charge in [-0.3, -0.25) is 0 Å². The van der Waals surface area contributed by atoms with Crippen LogP contribution in [0.15, 0.2) is 18.2 Å². The number of nitrogen functional groups attached to an aromatic ring is 1. The fourth-order valence-electron chi connectivity index (χ4n) is 2.91. The third-order valence-electron chi connectivity index (χ3n) is 3.98. The molecule has 0 bridgehead atoms. The topological polar surface area (TPSA) is 53.1 Å². The predicted octanol–water partition coefficient (Wildman–Crippen LogP) is 2.89. The molecule has 1 saturated carbocycles. The summed E-state index contributed by atoms with van der Waals surface area (Å²) in [6, 6.07) is 6.18. The molecule has 0 amide bonds. The molecular formula is C15H21N3O. The summed E-state index contributed by atoms with van der Waals surface area (Å²) < 4.78 is 7.96. The van der Waals surface area contributed by atoms with Crippen LogP contribution < -0.4 is 5.73 Å². The van der Waals surface area contributed by atoms with E-state index in [-0.39, 0.29) is 0 Å². The van der Waals surface area contributed by atoms with E-state index in [0.717, 1.165) is 17.6 Å². The van der Waals surface area contributed by atoms with Gasteiger partial charge in [-0.1, -0.05) is 25.0 Å². The number of hydrogen-bond acceptors (Lipinski definition) is 3. The highest BCUT2D eigenvalue weighted by molar-refractivity contribution is 5.81. The van der Waals surface area contributed by atoms with E-state index < -0.39 is 0 Å². The first-order chi connectivity index (χ1) is 9.25. The van der Waals surface area contributed by atoms with E-state index in [1.165, 1.54) is 31.2 Å². The quantitative estimate of drug-likeness (QED) is 0.918. The Labute approximate surface area is 113 Å². The summed E-state index contributed by atoms with van der Waals surface area (Å²) in [6.07, 6.45) is 5.48. The highest BCUT2D eigenvalue weighted by Crippen LogP contribution is 2.23. The molecule has 0 atom stereocenters. The number of hydrogen-bond donors (Lipinski definition) is 1. The highest BCUT2D eigenvalue weighted by atomic mass is 16.5. The van der Waals surface area contributed by atoms with Crippen molar-refractivity contribution in [2.24, 2.45) is 0 Å². The van der Waals surface area contributed by atoms with Gasteiger partial charge in [0.2, 0.25) is 5.95 Å². The van der Waals surface area contributed by atoms with Crippen molar-refractivity contribution < 1.29 is 4.74 Å². The van der Waals surface area contributed by atoms with Crippen LogP contribution in [0.5, 0.6) is 0 Å². The van der Waals surface area contributed by atoms with Gasteiger partial charge in [0, 0.05) is 6.54 Å². The molecule has 2 N–H and O–H groups in total. The van der Waals surface area contributed by atoms with Crippen molar-refractivity contribution in [1.82, 2.24) is 9.55 Å². The number of aromatic nitrogens is 2. The average Bonchev–Trinajstić information content (AvgIpc) is 3.00. The third kappa shape index (κ3) is 2.45. The molecule has 4 heteroatoms. The first-order valence-electron chi connectivity index (χ1n) is 7.08. The van der Waals surface area contributed by atoms with Crippen molar-refractivity contribution in [2.45, 2.75) is 45.3 Å². The summed E-state index contributed by atoms with van der Waals surface area (Å²) in [5, 5.41) is 0. The van der Waals surface area contributed by atoms with Crippen LogP contribution in [0.25, 0.3) is 11.0 Å². The molecule has 1 aliphatic rings. The Morgan fingerprint density at radius 2 is 2.16 bits per heavy atom. The second-order valence-electron chi connectivity index (χ2n) is 5.34. The average molecular weight is 259 g/mol. The lowest BCUT2D eigenvalue weighted by Gasteiger charge is -2.12. The smallest absolute Gasteiger partial charge is 0.201 e. The lowest BCUT2D eigenvalue weighted by Crippen LogP contribution is -2.14. The molecule has 1 heterocycles. The minimum atomic E-state index is 0.456. The summed E-state index contributed by atoms with van der Waals surface area (Å²) >= 11 is 0. The Balaban J connectivity index is 1.73. The Kier molecular flexibility index (Phi) is 3.42. The lowest BCUT2D eigenvalue weighted by molar-refractivity contribution is 0.0537. The van der Waals surface area contributed by atoms with Gasteiger partial charge in [-0.2, -0.15) is 0 Å². The number of anilines is 1. The maximum Gasteiger partial charge on any atom is 0.201 e. The molecule has 1 fully saturated rings. The van der Waals surface area contributed by atoms with Crippen LogP contribution >= 0.6 is 0 Å². The van der Waals surface area contributed by atoms with Crippen molar-refractivity contribution in [2.75, 3.05) is 12.3 Å². The van der Waals surface area contributed by atoms with Crippen LogP contribution in [-0.4, -0.2) is 22.3 Å². The number of imidazole rings is 1. The number of nitrogens with zero attached hydrogens (tertiary/aromatic N) is 2. The van der Waals surface area contributed by atoms with Crippen molar-refractivity contribution >= 4 is 17.0 Å².